The Kier molecular flexibility index (Phi) is 29.7. The molecule has 0 aromatic carbocycles. The Morgan fingerprint density at radius 3 is 1.10 bits per heavy atom. The fourth-order valence-corrected chi connectivity index (χ4v) is 5.79. The van der Waals surface area contributed by atoms with E-state index in [1.54, 1.807) is 0 Å². The van der Waals surface area contributed by atoms with Crippen molar-refractivity contribution >= 4 is 41.0 Å². The summed E-state index contributed by atoms with van der Waals surface area (Å²) < 4.78 is 5.23. The van der Waals surface area contributed by atoms with Gasteiger partial charge in [0.15, 0.2) is 17.3 Å². The molecule has 0 radical (unpaired) electrons. The number of Topliss-reactive ketones (excluding diaryl/α,β-unsaturated/α-hetero) is 3. The first-order valence-electron chi connectivity index (χ1n) is 20.0. The number of carbonyl (C=O) groups is 7. The predicted octanol–water partition coefficient (Wildman–Crippen LogP) is 7.15. The van der Waals surface area contributed by atoms with Gasteiger partial charge in [0, 0.05) is 25.7 Å². The highest BCUT2D eigenvalue weighted by Crippen LogP contribution is 2.12. The molecule has 0 bridgehead atoms. The summed E-state index contributed by atoms with van der Waals surface area (Å²) in [4.78, 5) is 86.3. The SMILES string of the molecule is CCCCCCCCCCCC(=O)NC(CCC(=O)NC(COC(=O)CCC(NC(=O)CCCCCCCCCCC)C(C)=O)C(C)=O)C(C)=O. The maximum Gasteiger partial charge on any atom is 0.305 e. The first-order chi connectivity index (χ1) is 24.4. The van der Waals surface area contributed by atoms with Crippen LogP contribution in [0.15, 0.2) is 0 Å². The normalized spacial score (nSPS) is 12.7. The molecule has 0 aliphatic carbocycles. The standard InChI is InChI=1S/C40H71N3O8/c1-6-8-10-12-14-16-18-20-22-24-37(47)41-34(31(3)44)26-28-39(49)43-36(33(5)46)30-51-40(50)29-27-35(32(4)45)42-38(48)25-23-21-19-17-15-13-11-9-7-2/h34-36H,6-30H2,1-5H3,(H,41,47)(H,42,48)(H,43,49). The van der Waals surface area contributed by atoms with Gasteiger partial charge in [-0.25, -0.2) is 0 Å². The maximum atomic E-state index is 12.6. The molecule has 0 aromatic heterocycles. The van der Waals surface area contributed by atoms with Crippen molar-refractivity contribution in [3.05, 3.63) is 0 Å². The average molecular weight is 722 g/mol. The van der Waals surface area contributed by atoms with E-state index in [-0.39, 0.29) is 55.7 Å². The van der Waals surface area contributed by atoms with Crippen LogP contribution in [0.2, 0.25) is 0 Å². The summed E-state index contributed by atoms with van der Waals surface area (Å²) in [5.74, 6) is -2.57. The minimum atomic E-state index is -1.09. The number of carbonyl (C=O) groups excluding carboxylic acids is 7. The molecule has 11 heteroatoms. The smallest absolute Gasteiger partial charge is 0.305 e. The number of esters is 1. The second-order valence-electron chi connectivity index (χ2n) is 14.1. The lowest BCUT2D eigenvalue weighted by molar-refractivity contribution is -0.146. The molecule has 0 aliphatic rings. The fourth-order valence-electron chi connectivity index (χ4n) is 5.79. The minimum absolute atomic E-state index is 0.0616. The van der Waals surface area contributed by atoms with Crippen LogP contribution in [-0.4, -0.2) is 65.8 Å². The number of hydrogen-bond donors (Lipinski definition) is 3. The molecule has 11 nitrogen and oxygen atoms in total. The Bertz CT molecular complexity index is 1030. The monoisotopic (exact) mass is 722 g/mol. The van der Waals surface area contributed by atoms with Gasteiger partial charge >= 0.3 is 5.97 Å². The van der Waals surface area contributed by atoms with E-state index in [4.69, 9.17) is 4.74 Å². The van der Waals surface area contributed by atoms with Gasteiger partial charge in [0.25, 0.3) is 0 Å². The van der Waals surface area contributed by atoms with E-state index in [1.165, 1.54) is 85.0 Å². The van der Waals surface area contributed by atoms with Crippen LogP contribution in [0.3, 0.4) is 0 Å². The number of ketones is 3. The minimum Gasteiger partial charge on any atom is -0.463 e. The van der Waals surface area contributed by atoms with Crippen molar-refractivity contribution in [2.45, 2.75) is 207 Å². The van der Waals surface area contributed by atoms with Crippen LogP contribution in [0.25, 0.3) is 0 Å². The molecule has 3 N–H and O–H groups in total. The number of unbranched alkanes of at least 4 members (excludes halogenated alkanes) is 16. The first-order valence-corrected chi connectivity index (χ1v) is 20.0. The molecule has 3 atom stereocenters. The van der Waals surface area contributed by atoms with E-state index in [2.05, 4.69) is 29.8 Å². The van der Waals surface area contributed by atoms with Crippen molar-refractivity contribution in [1.82, 2.24) is 16.0 Å². The molecule has 0 fully saturated rings. The van der Waals surface area contributed by atoms with Gasteiger partial charge < -0.3 is 20.7 Å². The average Bonchev–Trinajstić information content (AvgIpc) is 3.08. The van der Waals surface area contributed by atoms with Crippen molar-refractivity contribution in [2.75, 3.05) is 6.61 Å². The third kappa shape index (κ3) is 28.2. The van der Waals surface area contributed by atoms with Gasteiger partial charge in [-0.15, -0.1) is 0 Å². The van der Waals surface area contributed by atoms with Crippen molar-refractivity contribution in [2.24, 2.45) is 0 Å². The molecule has 0 aromatic rings. The van der Waals surface area contributed by atoms with Crippen LogP contribution in [0.4, 0.5) is 0 Å². The second-order valence-corrected chi connectivity index (χ2v) is 14.1. The van der Waals surface area contributed by atoms with E-state index in [9.17, 15) is 33.6 Å². The van der Waals surface area contributed by atoms with Crippen molar-refractivity contribution < 1.29 is 38.3 Å². The highest BCUT2D eigenvalue weighted by Gasteiger charge is 2.23. The lowest BCUT2D eigenvalue weighted by atomic mass is 10.0. The molecule has 0 aliphatic heterocycles. The summed E-state index contributed by atoms with van der Waals surface area (Å²) >= 11 is 0. The summed E-state index contributed by atoms with van der Waals surface area (Å²) in [7, 11) is 0. The Morgan fingerprint density at radius 2 is 0.725 bits per heavy atom. The van der Waals surface area contributed by atoms with Gasteiger partial charge in [-0.1, -0.05) is 117 Å². The Balaban J connectivity index is 4.47. The van der Waals surface area contributed by atoms with E-state index in [0.29, 0.717) is 12.8 Å². The van der Waals surface area contributed by atoms with Gasteiger partial charge in [0.05, 0.1) is 12.1 Å². The van der Waals surface area contributed by atoms with Crippen LogP contribution in [0.5, 0.6) is 0 Å². The first kappa shape index (κ1) is 47.9. The number of nitrogens with one attached hydrogen (secondary N) is 3. The Morgan fingerprint density at radius 1 is 0.412 bits per heavy atom. The lowest BCUT2D eigenvalue weighted by Crippen LogP contribution is -2.45. The number of hydrogen-bond acceptors (Lipinski definition) is 8. The third-order valence-corrected chi connectivity index (χ3v) is 9.20. The quantitative estimate of drug-likeness (QED) is 0.0466. The molecule has 0 saturated heterocycles. The zero-order valence-electron chi connectivity index (χ0n) is 32.7. The highest BCUT2D eigenvalue weighted by molar-refractivity contribution is 5.90. The molecule has 0 saturated carbocycles. The summed E-state index contributed by atoms with van der Waals surface area (Å²) in [5, 5.41) is 7.98. The summed E-state index contributed by atoms with van der Waals surface area (Å²) in [6.45, 7) is 7.99. The topological polar surface area (TPSA) is 165 Å². The van der Waals surface area contributed by atoms with Crippen LogP contribution in [0, 0.1) is 0 Å². The molecular weight excluding hydrogens is 650 g/mol. The van der Waals surface area contributed by atoms with Crippen LogP contribution in [0.1, 0.15) is 189 Å². The van der Waals surface area contributed by atoms with Crippen molar-refractivity contribution in [3.8, 4) is 0 Å². The van der Waals surface area contributed by atoms with Crippen LogP contribution >= 0.6 is 0 Å². The Labute approximate surface area is 308 Å². The number of rotatable bonds is 34. The predicted molar refractivity (Wildman–Crippen MR) is 201 cm³/mol. The summed E-state index contributed by atoms with van der Waals surface area (Å²) in [6, 6.07) is -2.71. The van der Waals surface area contributed by atoms with Crippen LogP contribution < -0.4 is 16.0 Å². The van der Waals surface area contributed by atoms with E-state index in [0.717, 1.165) is 51.4 Å². The van der Waals surface area contributed by atoms with E-state index in [1.807, 2.05) is 0 Å². The Hall–Kier alpha value is -3.11. The molecule has 51 heavy (non-hydrogen) atoms. The molecule has 3 unspecified atom stereocenters. The molecular formula is C40H71N3O8. The lowest BCUT2D eigenvalue weighted by Gasteiger charge is -2.19. The van der Waals surface area contributed by atoms with Crippen molar-refractivity contribution in [1.29, 1.82) is 0 Å². The largest absolute Gasteiger partial charge is 0.463 e. The van der Waals surface area contributed by atoms with Gasteiger partial charge in [-0.2, -0.15) is 0 Å². The number of amides is 3. The molecule has 0 heterocycles. The second kappa shape index (κ2) is 31.6. The zero-order valence-corrected chi connectivity index (χ0v) is 32.7. The van der Waals surface area contributed by atoms with Gasteiger partial charge in [0.2, 0.25) is 17.7 Å². The molecule has 3 amide bonds. The maximum absolute atomic E-state index is 12.6. The summed E-state index contributed by atoms with van der Waals surface area (Å²) in [5.41, 5.74) is 0. The van der Waals surface area contributed by atoms with Gasteiger partial charge in [-0.05, 0) is 46.5 Å². The van der Waals surface area contributed by atoms with Gasteiger partial charge in [-0.3, -0.25) is 33.6 Å². The molecule has 294 valence electrons. The molecule has 0 spiro atoms. The van der Waals surface area contributed by atoms with E-state index >= 15 is 0 Å². The van der Waals surface area contributed by atoms with Gasteiger partial charge in [0.1, 0.15) is 12.6 Å². The zero-order chi connectivity index (χ0) is 38.3. The van der Waals surface area contributed by atoms with Crippen molar-refractivity contribution in [3.63, 3.8) is 0 Å². The fraction of sp³-hybridized carbons (Fsp3) is 0.825. The van der Waals surface area contributed by atoms with E-state index < -0.39 is 35.8 Å². The third-order valence-electron chi connectivity index (χ3n) is 9.20. The number of ether oxygens (including phenoxy) is 1. The molecule has 0 rings (SSSR count). The highest BCUT2D eigenvalue weighted by atomic mass is 16.5. The summed E-state index contributed by atoms with van der Waals surface area (Å²) in [6.07, 6.45) is 20.9. The van der Waals surface area contributed by atoms with Crippen LogP contribution in [-0.2, 0) is 38.3 Å².